The summed E-state index contributed by atoms with van der Waals surface area (Å²) in [6.45, 7) is 4.51. The molecule has 0 aliphatic carbocycles. The van der Waals surface area contributed by atoms with E-state index in [1.54, 1.807) is 50.2 Å². The minimum Gasteiger partial charge on any atom is -0.384 e. The Labute approximate surface area is 177 Å². The van der Waals surface area contributed by atoms with E-state index in [1.165, 1.54) is 13.0 Å². The fourth-order valence-electron chi connectivity index (χ4n) is 2.91. The summed E-state index contributed by atoms with van der Waals surface area (Å²) in [5, 5.41) is 10.1. The topological polar surface area (TPSA) is 109 Å². The van der Waals surface area contributed by atoms with Crippen LogP contribution in [0.5, 0.6) is 0 Å². The number of carbonyl (C=O) groups is 1. The summed E-state index contributed by atoms with van der Waals surface area (Å²) in [5.74, 6) is -0.754. The highest BCUT2D eigenvalue weighted by Crippen LogP contribution is 2.27. The van der Waals surface area contributed by atoms with E-state index >= 15 is 0 Å². The van der Waals surface area contributed by atoms with Crippen molar-refractivity contribution in [3.8, 4) is 11.1 Å². The van der Waals surface area contributed by atoms with E-state index in [2.05, 4.69) is 4.72 Å². The molecule has 2 aromatic rings. The average Bonchev–Trinajstić information content (AvgIpc) is 2.67. The first-order valence-electron chi connectivity index (χ1n) is 9.81. The third-order valence-electron chi connectivity index (χ3n) is 5.00. The number of halogens is 1. The molecule has 6 nitrogen and oxygen atoms in total. The number of nitrogens with two attached hydrogens (primary N) is 1. The maximum absolute atomic E-state index is 14.4. The first-order chi connectivity index (χ1) is 13.9. The Kier molecular flexibility index (Phi) is 7.74. The molecule has 0 radical (unpaired) electrons. The van der Waals surface area contributed by atoms with Crippen molar-refractivity contribution < 1.29 is 22.7 Å². The van der Waals surface area contributed by atoms with Crippen LogP contribution in [0.15, 0.2) is 42.5 Å². The maximum atomic E-state index is 14.4. The average molecular weight is 437 g/mol. The van der Waals surface area contributed by atoms with E-state index in [4.69, 9.17) is 5.73 Å². The highest BCUT2D eigenvalue weighted by atomic mass is 32.2. The van der Waals surface area contributed by atoms with Crippen molar-refractivity contribution in [1.29, 1.82) is 0 Å². The minimum atomic E-state index is -3.49. The van der Waals surface area contributed by atoms with Gasteiger partial charge in [-0.3, -0.25) is 4.79 Å². The van der Waals surface area contributed by atoms with Gasteiger partial charge in [0.05, 0.1) is 5.25 Å². The molecule has 0 spiro atoms. The van der Waals surface area contributed by atoms with Crippen LogP contribution in [-0.2, 0) is 26.8 Å². The molecule has 4 N–H and O–H groups in total. The zero-order valence-corrected chi connectivity index (χ0v) is 18.3. The van der Waals surface area contributed by atoms with Crippen LogP contribution in [0.1, 0.15) is 44.7 Å². The number of sulfonamides is 1. The van der Waals surface area contributed by atoms with Gasteiger partial charge in [0.25, 0.3) is 0 Å². The lowest BCUT2D eigenvalue weighted by atomic mass is 9.93. The van der Waals surface area contributed by atoms with Gasteiger partial charge >= 0.3 is 0 Å². The van der Waals surface area contributed by atoms with Gasteiger partial charge in [-0.15, -0.1) is 0 Å². The molecule has 2 rings (SSSR count). The predicted molar refractivity (Wildman–Crippen MR) is 116 cm³/mol. The number of aliphatic hydroxyl groups is 1. The number of amides is 1. The molecule has 30 heavy (non-hydrogen) atoms. The van der Waals surface area contributed by atoms with Gasteiger partial charge in [-0.25, -0.2) is 17.5 Å². The number of primary amides is 1. The summed E-state index contributed by atoms with van der Waals surface area (Å²) < 4.78 is 40.7. The molecule has 8 heteroatoms. The number of rotatable bonds is 10. The second kappa shape index (κ2) is 9.68. The Bertz CT molecular complexity index is 987. The van der Waals surface area contributed by atoms with E-state index in [1.807, 2.05) is 0 Å². The van der Waals surface area contributed by atoms with Gasteiger partial charge in [-0.2, -0.15) is 0 Å². The summed E-state index contributed by atoms with van der Waals surface area (Å²) in [5.41, 5.74) is 6.22. The molecule has 0 aliphatic rings. The molecule has 0 aliphatic heterocycles. The van der Waals surface area contributed by atoms with Crippen LogP contribution in [-0.4, -0.2) is 31.2 Å². The quantitative estimate of drug-likeness (QED) is 0.532. The van der Waals surface area contributed by atoms with Crippen LogP contribution >= 0.6 is 0 Å². The van der Waals surface area contributed by atoms with Crippen LogP contribution in [0, 0.1) is 5.82 Å². The Morgan fingerprint density at radius 3 is 2.30 bits per heavy atom. The van der Waals surface area contributed by atoms with Crippen molar-refractivity contribution in [3.05, 3.63) is 59.4 Å². The first-order valence-corrected chi connectivity index (χ1v) is 11.4. The molecule has 0 fully saturated rings. The van der Waals surface area contributed by atoms with Crippen molar-refractivity contribution >= 4 is 15.9 Å². The van der Waals surface area contributed by atoms with Gasteiger partial charge in [0.15, 0.2) is 0 Å². The summed E-state index contributed by atoms with van der Waals surface area (Å²) in [4.78, 5) is 10.8. The Morgan fingerprint density at radius 1 is 1.17 bits per heavy atom. The third-order valence-corrected chi connectivity index (χ3v) is 6.79. The van der Waals surface area contributed by atoms with Gasteiger partial charge in [-0.1, -0.05) is 36.4 Å². The molecule has 164 valence electrons. The van der Waals surface area contributed by atoms with Crippen LogP contribution in [0.3, 0.4) is 0 Å². The Balaban J connectivity index is 2.11. The molecule has 0 aromatic heterocycles. The van der Waals surface area contributed by atoms with Crippen molar-refractivity contribution in [3.63, 3.8) is 0 Å². The number of hydrogen-bond acceptors (Lipinski definition) is 4. The predicted octanol–water partition coefficient (Wildman–Crippen LogP) is 2.84. The second-order valence-corrected chi connectivity index (χ2v) is 10.2. The molecule has 0 heterocycles. The summed E-state index contributed by atoms with van der Waals surface area (Å²) in [7, 11) is -3.49. The number of aryl methyl sites for hydroxylation is 1. The molecular weight excluding hydrogens is 407 g/mol. The van der Waals surface area contributed by atoms with E-state index < -0.39 is 26.8 Å². The SMILES string of the molecule is CC(C)S(=O)(=O)NCC(C)(O)c1ccc(-c2ccc(CCCC(N)=O)c(F)c2)cc1. The van der Waals surface area contributed by atoms with Crippen LogP contribution < -0.4 is 10.5 Å². The fourth-order valence-corrected chi connectivity index (χ4v) is 3.73. The van der Waals surface area contributed by atoms with Gasteiger partial charge in [0, 0.05) is 13.0 Å². The second-order valence-electron chi connectivity index (χ2n) is 7.89. The number of hydrogen-bond donors (Lipinski definition) is 3. The zero-order chi connectivity index (χ0) is 22.5. The van der Waals surface area contributed by atoms with E-state index in [-0.39, 0.29) is 18.8 Å². The van der Waals surface area contributed by atoms with Gasteiger partial charge in [-0.05, 0) is 61.9 Å². The number of carbonyl (C=O) groups excluding carboxylic acids is 1. The zero-order valence-electron chi connectivity index (χ0n) is 17.5. The highest BCUT2D eigenvalue weighted by Gasteiger charge is 2.26. The maximum Gasteiger partial charge on any atom is 0.217 e. The molecule has 0 bridgehead atoms. The van der Waals surface area contributed by atoms with Gasteiger partial charge in [0.1, 0.15) is 11.4 Å². The smallest absolute Gasteiger partial charge is 0.217 e. The molecule has 0 saturated carbocycles. The van der Waals surface area contributed by atoms with E-state index in [0.29, 0.717) is 29.5 Å². The van der Waals surface area contributed by atoms with E-state index in [0.717, 1.165) is 5.56 Å². The largest absolute Gasteiger partial charge is 0.384 e. The molecule has 1 atom stereocenters. The monoisotopic (exact) mass is 436 g/mol. The van der Waals surface area contributed by atoms with Crippen molar-refractivity contribution in [2.75, 3.05) is 6.54 Å². The van der Waals surface area contributed by atoms with Gasteiger partial charge in [0.2, 0.25) is 15.9 Å². The molecular formula is C22H29FN2O4S. The third kappa shape index (κ3) is 6.35. The Hall–Kier alpha value is -2.29. The van der Waals surface area contributed by atoms with Crippen LogP contribution in [0.4, 0.5) is 4.39 Å². The highest BCUT2D eigenvalue weighted by molar-refractivity contribution is 7.90. The molecule has 2 aromatic carbocycles. The normalized spacial score (nSPS) is 13.9. The van der Waals surface area contributed by atoms with Crippen LogP contribution in [0.25, 0.3) is 11.1 Å². The number of nitrogens with one attached hydrogen (secondary N) is 1. The first kappa shape index (κ1) is 24.0. The molecule has 1 amide bonds. The summed E-state index contributed by atoms with van der Waals surface area (Å²) >= 11 is 0. The fraction of sp³-hybridized carbons (Fsp3) is 0.409. The Morgan fingerprint density at radius 2 is 1.77 bits per heavy atom. The van der Waals surface area contributed by atoms with Crippen LogP contribution in [0.2, 0.25) is 0 Å². The minimum absolute atomic E-state index is 0.151. The van der Waals surface area contributed by atoms with Gasteiger partial charge < -0.3 is 10.8 Å². The molecule has 0 saturated heterocycles. The van der Waals surface area contributed by atoms with E-state index in [9.17, 15) is 22.7 Å². The molecule has 1 unspecified atom stereocenters. The lowest BCUT2D eigenvalue weighted by molar-refractivity contribution is -0.118. The lowest BCUT2D eigenvalue weighted by Gasteiger charge is -2.25. The lowest BCUT2D eigenvalue weighted by Crippen LogP contribution is -2.41. The van der Waals surface area contributed by atoms with Crippen molar-refractivity contribution in [1.82, 2.24) is 4.72 Å². The standard InChI is InChI=1S/C22H29FN2O4S/c1-15(2)30(28,29)25-14-22(3,27)19-11-9-16(10-12-19)18-8-7-17(20(23)13-18)5-4-6-21(24)26/h7-13,15,25,27H,4-6,14H2,1-3H3,(H2,24,26). The van der Waals surface area contributed by atoms with Crippen molar-refractivity contribution in [2.24, 2.45) is 5.73 Å². The summed E-state index contributed by atoms with van der Waals surface area (Å²) in [6, 6.07) is 11.8. The summed E-state index contributed by atoms with van der Waals surface area (Å²) in [6.07, 6.45) is 1.15. The van der Waals surface area contributed by atoms with Crippen molar-refractivity contribution in [2.45, 2.75) is 50.9 Å². The number of benzene rings is 2.